The molecule has 1 unspecified atom stereocenters. The lowest BCUT2D eigenvalue weighted by Gasteiger charge is -2.12. The van der Waals surface area contributed by atoms with Crippen molar-refractivity contribution in [2.45, 2.75) is 31.9 Å². The molecule has 0 spiro atoms. The molecule has 1 aromatic heterocycles. The lowest BCUT2D eigenvalue weighted by molar-refractivity contribution is 0.0168. The van der Waals surface area contributed by atoms with Gasteiger partial charge in [0.25, 0.3) is 0 Å². The monoisotopic (exact) mass is 499 g/mol. The van der Waals surface area contributed by atoms with Crippen molar-refractivity contribution < 1.29 is 9.47 Å². The van der Waals surface area contributed by atoms with Crippen molar-refractivity contribution in [3.8, 4) is 5.69 Å². The minimum atomic E-state index is 0. The smallest absolute Gasteiger partial charge is 0.191 e. The van der Waals surface area contributed by atoms with Crippen LogP contribution < -0.4 is 10.6 Å². The fraction of sp³-hybridized carbons (Fsp3) is 0.500. The number of guanidine groups is 1. The molecule has 7 nitrogen and oxygen atoms in total. The molecule has 0 aliphatic carbocycles. The van der Waals surface area contributed by atoms with Crippen molar-refractivity contribution in [3.05, 3.63) is 48.3 Å². The van der Waals surface area contributed by atoms with Crippen molar-refractivity contribution in [1.82, 2.24) is 20.4 Å². The number of ether oxygens (including phenoxy) is 2. The predicted molar refractivity (Wildman–Crippen MR) is 122 cm³/mol. The maximum atomic E-state index is 5.67. The van der Waals surface area contributed by atoms with E-state index in [2.05, 4.69) is 20.7 Å². The van der Waals surface area contributed by atoms with E-state index in [-0.39, 0.29) is 24.0 Å². The van der Waals surface area contributed by atoms with Gasteiger partial charge in [-0.2, -0.15) is 5.10 Å². The third-order valence-corrected chi connectivity index (χ3v) is 4.43. The zero-order valence-corrected chi connectivity index (χ0v) is 18.7. The Morgan fingerprint density at radius 2 is 2.18 bits per heavy atom. The molecule has 2 aromatic rings. The molecule has 3 rings (SSSR count). The third kappa shape index (κ3) is 7.40. The maximum Gasteiger partial charge on any atom is 0.191 e. The minimum absolute atomic E-state index is 0. The standard InChI is InChI=1S/C20H29N5O2.HI/c1-21-20(22-10-6-11-26-16-19-9-5-12-27-19)23-13-17-14-24-25(15-17)18-7-3-2-4-8-18;/h2-4,7-8,14-15,19H,5-6,9-13,16H2,1H3,(H2,21,22,23);1H. The van der Waals surface area contributed by atoms with E-state index in [1.54, 1.807) is 7.05 Å². The van der Waals surface area contributed by atoms with E-state index < -0.39 is 0 Å². The number of nitrogens with zero attached hydrogens (tertiary/aromatic N) is 3. The topological polar surface area (TPSA) is 72.7 Å². The van der Waals surface area contributed by atoms with Crippen molar-refractivity contribution in [2.24, 2.45) is 4.99 Å². The Morgan fingerprint density at radius 3 is 2.93 bits per heavy atom. The number of halogens is 1. The summed E-state index contributed by atoms with van der Waals surface area (Å²) >= 11 is 0. The van der Waals surface area contributed by atoms with E-state index in [0.717, 1.165) is 56.2 Å². The van der Waals surface area contributed by atoms with Gasteiger partial charge in [-0.05, 0) is 31.4 Å². The van der Waals surface area contributed by atoms with Crippen LogP contribution in [0.15, 0.2) is 47.7 Å². The van der Waals surface area contributed by atoms with E-state index in [9.17, 15) is 0 Å². The number of benzene rings is 1. The third-order valence-electron chi connectivity index (χ3n) is 4.43. The van der Waals surface area contributed by atoms with Crippen LogP contribution in [0.5, 0.6) is 0 Å². The highest BCUT2D eigenvalue weighted by molar-refractivity contribution is 14.0. The van der Waals surface area contributed by atoms with Gasteiger partial charge in [-0.25, -0.2) is 4.68 Å². The van der Waals surface area contributed by atoms with Crippen LogP contribution in [0.1, 0.15) is 24.8 Å². The highest BCUT2D eigenvalue weighted by Crippen LogP contribution is 2.11. The van der Waals surface area contributed by atoms with Gasteiger partial charge in [0.05, 0.1) is 24.6 Å². The normalized spacial score (nSPS) is 16.6. The summed E-state index contributed by atoms with van der Waals surface area (Å²) in [7, 11) is 1.77. The summed E-state index contributed by atoms with van der Waals surface area (Å²) < 4.78 is 13.1. The fourth-order valence-electron chi connectivity index (χ4n) is 2.95. The van der Waals surface area contributed by atoms with Gasteiger partial charge in [0.15, 0.2) is 5.96 Å². The number of aromatic nitrogens is 2. The molecule has 0 bridgehead atoms. The number of hydrogen-bond acceptors (Lipinski definition) is 4. The first kappa shape index (κ1) is 22.6. The molecule has 8 heteroatoms. The lowest BCUT2D eigenvalue weighted by atomic mass is 10.2. The number of hydrogen-bond donors (Lipinski definition) is 2. The van der Waals surface area contributed by atoms with Gasteiger partial charge >= 0.3 is 0 Å². The molecule has 1 aliphatic heterocycles. The van der Waals surface area contributed by atoms with Gasteiger partial charge < -0.3 is 20.1 Å². The summed E-state index contributed by atoms with van der Waals surface area (Å²) in [6.45, 7) is 3.80. The second kappa shape index (κ2) is 12.7. The Labute approximate surface area is 183 Å². The number of aliphatic imine (C=N–C) groups is 1. The first-order valence-electron chi connectivity index (χ1n) is 9.58. The minimum Gasteiger partial charge on any atom is -0.379 e. The van der Waals surface area contributed by atoms with Gasteiger partial charge in [-0.1, -0.05) is 18.2 Å². The number of rotatable bonds is 9. The van der Waals surface area contributed by atoms with Crippen LogP contribution in [0.25, 0.3) is 5.69 Å². The molecule has 0 amide bonds. The summed E-state index contributed by atoms with van der Waals surface area (Å²) in [5, 5.41) is 11.0. The van der Waals surface area contributed by atoms with E-state index in [4.69, 9.17) is 9.47 Å². The van der Waals surface area contributed by atoms with Crippen molar-refractivity contribution in [2.75, 3.05) is 33.4 Å². The van der Waals surface area contributed by atoms with Crippen LogP contribution >= 0.6 is 24.0 Å². The zero-order chi connectivity index (χ0) is 18.7. The van der Waals surface area contributed by atoms with E-state index in [0.29, 0.717) is 19.3 Å². The van der Waals surface area contributed by atoms with Gasteiger partial charge in [0.2, 0.25) is 0 Å². The summed E-state index contributed by atoms with van der Waals surface area (Å²) in [6.07, 6.45) is 7.39. The fourth-order valence-corrected chi connectivity index (χ4v) is 2.95. The van der Waals surface area contributed by atoms with Gasteiger partial charge in [-0.3, -0.25) is 4.99 Å². The second-order valence-electron chi connectivity index (χ2n) is 6.54. The molecular formula is C20H30IN5O2. The largest absolute Gasteiger partial charge is 0.379 e. The van der Waals surface area contributed by atoms with Crippen molar-refractivity contribution in [1.29, 1.82) is 0 Å². The van der Waals surface area contributed by atoms with Crippen LogP contribution in [0.3, 0.4) is 0 Å². The SMILES string of the molecule is CN=C(NCCCOCC1CCCO1)NCc1cnn(-c2ccccc2)c1.I. The summed E-state index contributed by atoms with van der Waals surface area (Å²) in [5.41, 5.74) is 2.15. The molecule has 2 heterocycles. The number of para-hydroxylation sites is 1. The molecule has 28 heavy (non-hydrogen) atoms. The summed E-state index contributed by atoms with van der Waals surface area (Å²) in [5.74, 6) is 0.779. The van der Waals surface area contributed by atoms with Gasteiger partial charge in [0, 0.05) is 45.1 Å². The Bertz CT molecular complexity index is 702. The molecule has 154 valence electrons. The van der Waals surface area contributed by atoms with Gasteiger partial charge in [0.1, 0.15) is 0 Å². The van der Waals surface area contributed by atoms with Crippen LogP contribution in [-0.4, -0.2) is 55.3 Å². The lowest BCUT2D eigenvalue weighted by Crippen LogP contribution is -2.37. The highest BCUT2D eigenvalue weighted by atomic mass is 127. The molecule has 1 saturated heterocycles. The average molecular weight is 499 g/mol. The molecule has 0 saturated carbocycles. The summed E-state index contributed by atoms with van der Waals surface area (Å²) in [4.78, 5) is 4.26. The predicted octanol–water partition coefficient (Wildman–Crippen LogP) is 2.74. The maximum absolute atomic E-state index is 5.67. The van der Waals surface area contributed by atoms with Crippen molar-refractivity contribution in [3.63, 3.8) is 0 Å². The van der Waals surface area contributed by atoms with Crippen LogP contribution in [0.2, 0.25) is 0 Å². The zero-order valence-electron chi connectivity index (χ0n) is 16.3. The van der Waals surface area contributed by atoms with E-state index in [1.165, 1.54) is 0 Å². The Kier molecular flexibility index (Phi) is 10.3. The summed E-state index contributed by atoms with van der Waals surface area (Å²) in [6, 6.07) is 10.1. The van der Waals surface area contributed by atoms with E-state index in [1.807, 2.05) is 47.4 Å². The Balaban J connectivity index is 0.00000280. The van der Waals surface area contributed by atoms with Crippen LogP contribution in [0, 0.1) is 0 Å². The first-order chi connectivity index (χ1) is 13.3. The van der Waals surface area contributed by atoms with Gasteiger partial charge in [-0.15, -0.1) is 24.0 Å². The molecule has 1 fully saturated rings. The second-order valence-corrected chi connectivity index (χ2v) is 6.54. The van der Waals surface area contributed by atoms with E-state index >= 15 is 0 Å². The Hall–Kier alpha value is -1.65. The molecule has 2 N–H and O–H groups in total. The molecule has 1 aromatic carbocycles. The van der Waals surface area contributed by atoms with Crippen LogP contribution in [-0.2, 0) is 16.0 Å². The van der Waals surface area contributed by atoms with Crippen molar-refractivity contribution >= 4 is 29.9 Å². The Morgan fingerprint density at radius 1 is 1.32 bits per heavy atom. The molecule has 1 atom stereocenters. The average Bonchev–Trinajstić information content (AvgIpc) is 3.39. The molecular weight excluding hydrogens is 469 g/mol. The molecule has 0 radical (unpaired) electrons. The quantitative estimate of drug-likeness (QED) is 0.240. The molecule has 1 aliphatic rings. The van der Waals surface area contributed by atoms with Crippen LogP contribution in [0.4, 0.5) is 0 Å². The number of nitrogens with one attached hydrogen (secondary N) is 2. The first-order valence-corrected chi connectivity index (χ1v) is 9.58. The highest BCUT2D eigenvalue weighted by Gasteiger charge is 2.14.